The van der Waals surface area contributed by atoms with Gasteiger partial charge < -0.3 is 14.8 Å². The van der Waals surface area contributed by atoms with Crippen LogP contribution in [0.15, 0.2) is 0 Å². The van der Waals surface area contributed by atoms with Gasteiger partial charge in [0.25, 0.3) is 0 Å². The lowest BCUT2D eigenvalue weighted by Gasteiger charge is -2.20. The molecule has 1 aliphatic rings. The van der Waals surface area contributed by atoms with Gasteiger partial charge in [0.2, 0.25) is 0 Å². The summed E-state index contributed by atoms with van der Waals surface area (Å²) in [6, 6.07) is -0.924. The molecular weight excluding hydrogens is 202 g/mol. The van der Waals surface area contributed by atoms with E-state index in [1.807, 2.05) is 0 Å². The predicted octanol–water partition coefficient (Wildman–Crippen LogP) is 0.353. The lowest BCUT2D eigenvalue weighted by molar-refractivity contribution is -0.152. The average molecular weight is 215 g/mol. The van der Waals surface area contributed by atoms with E-state index in [2.05, 4.69) is 10.1 Å². The lowest BCUT2D eigenvalue weighted by atomic mass is 10.2. The van der Waals surface area contributed by atoms with Crippen molar-refractivity contribution in [3.8, 4) is 0 Å². The molecule has 1 saturated heterocycles. The third-order valence-electron chi connectivity index (χ3n) is 1.56. The Bertz CT molecular complexity index is 304. The van der Waals surface area contributed by atoms with Crippen molar-refractivity contribution in [2.24, 2.45) is 0 Å². The minimum Gasteiger partial charge on any atom is -0.444 e. The Morgan fingerprint density at radius 3 is 2.47 bits per heavy atom. The molecule has 6 nitrogen and oxygen atoms in total. The molecule has 1 aliphatic heterocycles. The van der Waals surface area contributed by atoms with Crippen LogP contribution >= 0.6 is 0 Å². The quantitative estimate of drug-likeness (QED) is 0.504. The van der Waals surface area contributed by atoms with Crippen molar-refractivity contribution in [2.45, 2.75) is 38.8 Å². The molecule has 1 N–H and O–H groups in total. The fourth-order valence-corrected chi connectivity index (χ4v) is 1.03. The smallest absolute Gasteiger partial charge is 0.408 e. The van der Waals surface area contributed by atoms with Crippen LogP contribution in [-0.2, 0) is 19.1 Å². The number of hydrogen-bond donors (Lipinski definition) is 1. The fraction of sp³-hybridized carbons (Fsp3) is 0.667. The van der Waals surface area contributed by atoms with Crippen molar-refractivity contribution in [3.05, 3.63) is 0 Å². The highest BCUT2D eigenvalue weighted by Crippen LogP contribution is 2.10. The van der Waals surface area contributed by atoms with Gasteiger partial charge in [0.05, 0.1) is 6.42 Å². The summed E-state index contributed by atoms with van der Waals surface area (Å²) in [5.74, 6) is -1.38. The van der Waals surface area contributed by atoms with Crippen LogP contribution in [0.3, 0.4) is 0 Å². The third kappa shape index (κ3) is 3.57. The second-order valence-electron chi connectivity index (χ2n) is 4.20. The van der Waals surface area contributed by atoms with Gasteiger partial charge in [-0.15, -0.1) is 0 Å². The molecular formula is C9H13NO5. The molecule has 1 heterocycles. The van der Waals surface area contributed by atoms with E-state index in [0.717, 1.165) is 0 Å². The maximum Gasteiger partial charge on any atom is 0.408 e. The molecule has 1 fully saturated rings. The van der Waals surface area contributed by atoms with Crippen LogP contribution in [0.25, 0.3) is 0 Å². The number of cyclic esters (lactones) is 2. The number of nitrogens with one attached hydrogen (secondary N) is 1. The van der Waals surface area contributed by atoms with Gasteiger partial charge in [-0.05, 0) is 20.8 Å². The van der Waals surface area contributed by atoms with Crippen molar-refractivity contribution in [1.82, 2.24) is 5.32 Å². The molecule has 0 aromatic heterocycles. The third-order valence-corrected chi connectivity index (χ3v) is 1.56. The molecule has 0 unspecified atom stereocenters. The normalized spacial score (nSPS) is 21.1. The Balaban J connectivity index is 2.45. The first-order valence-electron chi connectivity index (χ1n) is 4.52. The molecule has 1 rings (SSSR count). The van der Waals surface area contributed by atoms with E-state index < -0.39 is 29.7 Å². The van der Waals surface area contributed by atoms with E-state index in [1.54, 1.807) is 20.8 Å². The standard InChI is InChI=1S/C9H13NO5/c1-9(2,3)15-8(13)10-5-4-6(11)14-7(5)12/h5H,4H2,1-3H3,(H,10,13)/t5-/m0/s1. The molecule has 1 atom stereocenters. The molecule has 0 aromatic rings. The number of ether oxygens (including phenoxy) is 2. The Morgan fingerprint density at radius 1 is 1.47 bits per heavy atom. The van der Waals surface area contributed by atoms with Gasteiger partial charge in [-0.2, -0.15) is 0 Å². The van der Waals surface area contributed by atoms with Gasteiger partial charge in [0.1, 0.15) is 11.6 Å². The fourth-order valence-electron chi connectivity index (χ4n) is 1.03. The van der Waals surface area contributed by atoms with Crippen LogP contribution in [0.1, 0.15) is 27.2 Å². The summed E-state index contributed by atoms with van der Waals surface area (Å²) in [7, 11) is 0. The molecule has 6 heteroatoms. The van der Waals surface area contributed by atoms with Gasteiger partial charge in [0, 0.05) is 0 Å². The first-order chi connectivity index (χ1) is 6.78. The minimum atomic E-state index is -0.924. The predicted molar refractivity (Wildman–Crippen MR) is 48.9 cm³/mol. The summed E-state index contributed by atoms with van der Waals surface area (Å²) in [5, 5.41) is 2.26. The van der Waals surface area contributed by atoms with Crippen LogP contribution in [0, 0.1) is 0 Å². The zero-order chi connectivity index (χ0) is 11.6. The van der Waals surface area contributed by atoms with E-state index >= 15 is 0 Å². The Morgan fingerprint density at radius 2 is 2.07 bits per heavy atom. The summed E-state index contributed by atoms with van der Waals surface area (Å²) in [6.45, 7) is 5.10. The summed E-state index contributed by atoms with van der Waals surface area (Å²) in [4.78, 5) is 32.9. The molecule has 84 valence electrons. The van der Waals surface area contributed by atoms with Crippen LogP contribution in [0.2, 0.25) is 0 Å². The van der Waals surface area contributed by atoms with Crippen molar-refractivity contribution < 1.29 is 23.9 Å². The van der Waals surface area contributed by atoms with Crippen molar-refractivity contribution in [2.75, 3.05) is 0 Å². The highest BCUT2D eigenvalue weighted by atomic mass is 16.6. The number of carbonyl (C=O) groups excluding carboxylic acids is 3. The Hall–Kier alpha value is -1.59. The Kier molecular flexibility index (Phi) is 2.97. The topological polar surface area (TPSA) is 81.7 Å². The number of amides is 1. The average Bonchev–Trinajstić information content (AvgIpc) is 2.25. The van der Waals surface area contributed by atoms with Crippen molar-refractivity contribution in [1.29, 1.82) is 0 Å². The molecule has 0 spiro atoms. The number of rotatable bonds is 1. The van der Waals surface area contributed by atoms with Crippen LogP contribution in [0.4, 0.5) is 4.79 Å². The van der Waals surface area contributed by atoms with Crippen LogP contribution < -0.4 is 5.32 Å². The first-order valence-corrected chi connectivity index (χ1v) is 4.52. The SMILES string of the molecule is CC(C)(C)OC(=O)N[C@H]1CC(=O)OC1=O. The van der Waals surface area contributed by atoms with E-state index in [0.29, 0.717) is 0 Å². The number of esters is 2. The second-order valence-corrected chi connectivity index (χ2v) is 4.20. The largest absolute Gasteiger partial charge is 0.444 e. The lowest BCUT2D eigenvalue weighted by Crippen LogP contribution is -2.41. The summed E-state index contributed by atoms with van der Waals surface area (Å²) in [5.41, 5.74) is -0.642. The first kappa shape index (κ1) is 11.5. The van der Waals surface area contributed by atoms with Gasteiger partial charge in [-0.1, -0.05) is 0 Å². The van der Waals surface area contributed by atoms with E-state index in [4.69, 9.17) is 4.74 Å². The van der Waals surface area contributed by atoms with Crippen molar-refractivity contribution >= 4 is 18.0 Å². The van der Waals surface area contributed by atoms with Gasteiger partial charge >= 0.3 is 18.0 Å². The highest BCUT2D eigenvalue weighted by Gasteiger charge is 2.35. The molecule has 0 aliphatic carbocycles. The van der Waals surface area contributed by atoms with Gasteiger partial charge in [-0.25, -0.2) is 9.59 Å². The summed E-state index contributed by atoms with van der Waals surface area (Å²) >= 11 is 0. The van der Waals surface area contributed by atoms with E-state index in [1.165, 1.54) is 0 Å². The molecule has 0 aromatic carbocycles. The second kappa shape index (κ2) is 3.88. The zero-order valence-electron chi connectivity index (χ0n) is 8.83. The molecule has 0 radical (unpaired) electrons. The number of alkyl carbamates (subject to hydrolysis) is 1. The molecule has 15 heavy (non-hydrogen) atoms. The van der Waals surface area contributed by atoms with Gasteiger partial charge in [-0.3, -0.25) is 4.79 Å². The zero-order valence-corrected chi connectivity index (χ0v) is 8.83. The number of hydrogen-bond acceptors (Lipinski definition) is 5. The van der Waals surface area contributed by atoms with Crippen molar-refractivity contribution in [3.63, 3.8) is 0 Å². The van der Waals surface area contributed by atoms with E-state index in [-0.39, 0.29) is 6.42 Å². The molecule has 1 amide bonds. The highest BCUT2D eigenvalue weighted by molar-refractivity contribution is 5.98. The van der Waals surface area contributed by atoms with Crippen LogP contribution in [-0.4, -0.2) is 29.7 Å². The van der Waals surface area contributed by atoms with Crippen LogP contribution in [0.5, 0.6) is 0 Å². The maximum absolute atomic E-state index is 11.2. The van der Waals surface area contributed by atoms with Gasteiger partial charge in [0.15, 0.2) is 0 Å². The summed E-state index contributed by atoms with van der Waals surface area (Å²) < 4.78 is 9.17. The minimum absolute atomic E-state index is 0.141. The molecule has 0 bridgehead atoms. The summed E-state index contributed by atoms with van der Waals surface area (Å²) in [6.07, 6.45) is -0.878. The maximum atomic E-state index is 11.2. The Labute approximate surface area is 86.9 Å². The monoisotopic (exact) mass is 215 g/mol. The van der Waals surface area contributed by atoms with E-state index in [9.17, 15) is 14.4 Å². The number of carbonyl (C=O) groups is 3. The molecule has 0 saturated carbocycles.